The van der Waals surface area contributed by atoms with Gasteiger partial charge in [-0.2, -0.15) is 4.98 Å². The largest absolute Gasteiger partial charge is 0.472 e. The van der Waals surface area contributed by atoms with Gasteiger partial charge in [-0.05, 0) is 24.6 Å². The maximum absolute atomic E-state index is 12.0. The fourth-order valence-electron chi connectivity index (χ4n) is 2.58. The molecular weight excluding hydrogens is 310 g/mol. The van der Waals surface area contributed by atoms with E-state index in [0.717, 1.165) is 38.2 Å². The van der Waals surface area contributed by atoms with Crippen molar-refractivity contribution in [2.24, 2.45) is 0 Å². The van der Waals surface area contributed by atoms with Gasteiger partial charge in [0.2, 0.25) is 5.91 Å². The number of rotatable bonds is 6. The number of nitrogens with zero attached hydrogens (tertiary/aromatic N) is 4. The number of carbonyl (C=O) groups excluding carboxylic acids is 1. The molecule has 1 N–H and O–H groups in total. The molecule has 130 valence electrons. The van der Waals surface area contributed by atoms with Gasteiger partial charge in [0, 0.05) is 32.2 Å². The van der Waals surface area contributed by atoms with Gasteiger partial charge < -0.3 is 19.2 Å². The first-order chi connectivity index (χ1) is 11.7. The summed E-state index contributed by atoms with van der Waals surface area (Å²) in [5.74, 6) is 1.11. The molecule has 1 atom stereocenters. The van der Waals surface area contributed by atoms with Crippen molar-refractivity contribution in [3.05, 3.63) is 18.6 Å². The number of anilines is 1. The summed E-state index contributed by atoms with van der Waals surface area (Å²) in [7, 11) is 0. The van der Waals surface area contributed by atoms with Crippen molar-refractivity contribution in [2.45, 2.75) is 26.3 Å². The van der Waals surface area contributed by atoms with E-state index >= 15 is 0 Å². The van der Waals surface area contributed by atoms with Crippen molar-refractivity contribution in [1.82, 2.24) is 20.4 Å². The molecule has 8 heteroatoms. The number of nitrogens with one attached hydrogen (secondary N) is 1. The Labute approximate surface area is 140 Å². The Bertz CT molecular complexity index is 646. The van der Waals surface area contributed by atoms with Gasteiger partial charge >= 0.3 is 0 Å². The van der Waals surface area contributed by atoms with Crippen LogP contribution in [0.3, 0.4) is 0 Å². The molecule has 0 aliphatic carbocycles. The van der Waals surface area contributed by atoms with Crippen LogP contribution in [0.25, 0.3) is 11.5 Å². The zero-order valence-electron chi connectivity index (χ0n) is 14.1. The van der Waals surface area contributed by atoms with E-state index in [0.29, 0.717) is 18.4 Å². The van der Waals surface area contributed by atoms with Crippen molar-refractivity contribution in [3.63, 3.8) is 0 Å². The van der Waals surface area contributed by atoms with Crippen LogP contribution in [0.2, 0.25) is 0 Å². The lowest BCUT2D eigenvalue weighted by Crippen LogP contribution is -2.50. The Morgan fingerprint density at radius 1 is 1.38 bits per heavy atom. The Hall–Kier alpha value is -2.35. The third-order valence-electron chi connectivity index (χ3n) is 4.23. The lowest BCUT2D eigenvalue weighted by Gasteiger charge is -2.33. The van der Waals surface area contributed by atoms with E-state index in [1.54, 1.807) is 18.6 Å². The Balaban J connectivity index is 1.49. The zero-order chi connectivity index (χ0) is 16.9. The molecule has 0 saturated carbocycles. The number of carbonyl (C=O) groups is 1. The molecule has 1 aliphatic rings. The minimum absolute atomic E-state index is 0.0830. The van der Waals surface area contributed by atoms with E-state index in [2.05, 4.69) is 32.2 Å². The third kappa shape index (κ3) is 3.94. The highest BCUT2D eigenvalue weighted by Crippen LogP contribution is 2.21. The van der Waals surface area contributed by atoms with Crippen molar-refractivity contribution >= 4 is 11.9 Å². The van der Waals surface area contributed by atoms with E-state index in [9.17, 15) is 4.79 Å². The molecule has 1 aliphatic heterocycles. The van der Waals surface area contributed by atoms with Gasteiger partial charge in [-0.3, -0.25) is 9.69 Å². The minimum Gasteiger partial charge on any atom is -0.472 e. The second-order valence-electron chi connectivity index (χ2n) is 6.05. The lowest BCUT2D eigenvalue weighted by atomic mass is 10.2. The summed E-state index contributed by atoms with van der Waals surface area (Å²) < 4.78 is 10.3. The van der Waals surface area contributed by atoms with Gasteiger partial charge in [-0.25, -0.2) is 0 Å². The van der Waals surface area contributed by atoms with Gasteiger partial charge in [-0.1, -0.05) is 6.92 Å². The molecule has 2 aromatic rings. The molecular formula is C16H23N5O3. The van der Waals surface area contributed by atoms with E-state index in [4.69, 9.17) is 8.94 Å². The molecule has 1 amide bonds. The lowest BCUT2D eigenvalue weighted by molar-refractivity contribution is -0.122. The van der Waals surface area contributed by atoms with Crippen molar-refractivity contribution in [3.8, 4) is 11.5 Å². The number of amides is 1. The van der Waals surface area contributed by atoms with Crippen molar-refractivity contribution in [1.29, 1.82) is 0 Å². The van der Waals surface area contributed by atoms with E-state index in [-0.39, 0.29) is 11.9 Å². The summed E-state index contributed by atoms with van der Waals surface area (Å²) in [5.41, 5.74) is 0.772. The summed E-state index contributed by atoms with van der Waals surface area (Å²) in [4.78, 5) is 20.6. The first kappa shape index (κ1) is 16.5. The summed E-state index contributed by atoms with van der Waals surface area (Å²) in [6, 6.07) is 2.00. The van der Waals surface area contributed by atoms with Gasteiger partial charge in [0.05, 0.1) is 18.4 Å². The number of piperazine rings is 1. The van der Waals surface area contributed by atoms with Crippen molar-refractivity contribution in [2.75, 3.05) is 37.6 Å². The highest BCUT2D eigenvalue weighted by atomic mass is 16.5. The van der Waals surface area contributed by atoms with E-state index in [1.807, 2.05) is 6.92 Å². The van der Waals surface area contributed by atoms with E-state index in [1.165, 1.54) is 0 Å². The van der Waals surface area contributed by atoms with Crippen LogP contribution in [-0.4, -0.2) is 59.7 Å². The zero-order valence-corrected chi connectivity index (χ0v) is 14.1. The second kappa shape index (κ2) is 7.48. The molecule has 24 heavy (non-hydrogen) atoms. The minimum atomic E-state index is 0.0830. The smallest absolute Gasteiger partial charge is 0.266 e. The highest BCUT2D eigenvalue weighted by Gasteiger charge is 2.23. The fraction of sp³-hybridized carbons (Fsp3) is 0.562. The average molecular weight is 333 g/mol. The number of furan rings is 1. The summed E-state index contributed by atoms with van der Waals surface area (Å²) in [5, 5.41) is 7.03. The molecule has 0 bridgehead atoms. The van der Waals surface area contributed by atoms with Gasteiger partial charge in [0.25, 0.3) is 11.8 Å². The SMILES string of the molecule is CC[C@H](C)NC(=O)CN1CCN(c2noc(-c3ccoc3)n2)CC1. The number of hydrogen-bond acceptors (Lipinski definition) is 7. The number of aromatic nitrogens is 2. The summed E-state index contributed by atoms with van der Waals surface area (Å²) >= 11 is 0. The van der Waals surface area contributed by atoms with Gasteiger partial charge in [-0.15, -0.1) is 0 Å². The van der Waals surface area contributed by atoms with Crippen LogP contribution in [0.5, 0.6) is 0 Å². The fourth-order valence-corrected chi connectivity index (χ4v) is 2.58. The molecule has 0 aromatic carbocycles. The molecule has 0 unspecified atom stereocenters. The predicted octanol–water partition coefficient (Wildman–Crippen LogP) is 1.37. The van der Waals surface area contributed by atoms with Gasteiger partial charge in [0.1, 0.15) is 6.26 Å². The molecule has 1 saturated heterocycles. The van der Waals surface area contributed by atoms with Crippen LogP contribution in [0.1, 0.15) is 20.3 Å². The maximum Gasteiger partial charge on any atom is 0.266 e. The Morgan fingerprint density at radius 2 is 2.17 bits per heavy atom. The van der Waals surface area contributed by atoms with Crippen molar-refractivity contribution < 1.29 is 13.7 Å². The standard InChI is InChI=1S/C16H23N5O3/c1-3-12(2)17-14(22)10-20-5-7-21(8-6-20)16-18-15(24-19-16)13-4-9-23-11-13/h4,9,11-12H,3,5-8,10H2,1-2H3,(H,17,22)/t12-/m0/s1. The van der Waals surface area contributed by atoms with Crippen LogP contribution in [0.15, 0.2) is 27.5 Å². The summed E-state index contributed by atoms with van der Waals surface area (Å²) in [6.45, 7) is 7.63. The maximum atomic E-state index is 12.0. The molecule has 3 rings (SSSR count). The predicted molar refractivity (Wildman–Crippen MR) is 88.5 cm³/mol. The second-order valence-corrected chi connectivity index (χ2v) is 6.05. The monoisotopic (exact) mass is 333 g/mol. The first-order valence-corrected chi connectivity index (χ1v) is 8.28. The molecule has 3 heterocycles. The quantitative estimate of drug-likeness (QED) is 0.854. The Morgan fingerprint density at radius 3 is 2.83 bits per heavy atom. The molecule has 0 spiro atoms. The number of hydrogen-bond donors (Lipinski definition) is 1. The Kier molecular flexibility index (Phi) is 5.14. The highest BCUT2D eigenvalue weighted by molar-refractivity contribution is 5.78. The first-order valence-electron chi connectivity index (χ1n) is 8.28. The van der Waals surface area contributed by atoms with Gasteiger partial charge in [0.15, 0.2) is 0 Å². The topological polar surface area (TPSA) is 87.6 Å². The third-order valence-corrected chi connectivity index (χ3v) is 4.23. The van der Waals surface area contributed by atoms with Crippen LogP contribution in [-0.2, 0) is 4.79 Å². The van der Waals surface area contributed by atoms with Crippen LogP contribution in [0.4, 0.5) is 5.95 Å². The molecule has 2 aromatic heterocycles. The molecule has 8 nitrogen and oxygen atoms in total. The summed E-state index contributed by atoms with van der Waals surface area (Å²) in [6.07, 6.45) is 4.09. The van der Waals surface area contributed by atoms with Crippen LogP contribution in [0, 0.1) is 0 Å². The normalized spacial score (nSPS) is 17.0. The van der Waals surface area contributed by atoms with Crippen LogP contribution < -0.4 is 10.2 Å². The average Bonchev–Trinajstić information content (AvgIpc) is 3.26. The van der Waals surface area contributed by atoms with E-state index < -0.39 is 0 Å². The van der Waals surface area contributed by atoms with Crippen LogP contribution >= 0.6 is 0 Å². The molecule has 0 radical (unpaired) electrons. The molecule has 1 fully saturated rings.